The zero-order valence-electron chi connectivity index (χ0n) is 13.7. The Morgan fingerprint density at radius 2 is 1.38 bits per heavy atom. The predicted octanol–water partition coefficient (Wildman–Crippen LogP) is 2.01. The fraction of sp³-hybridized carbons (Fsp3) is 0.158. The number of nitrogens with one attached hydrogen (secondary N) is 1. The Morgan fingerprint density at radius 3 is 1.85 bits per heavy atom. The van der Waals surface area contributed by atoms with Crippen molar-refractivity contribution in [2.75, 3.05) is 5.75 Å². The molecule has 1 atom stereocenters. The summed E-state index contributed by atoms with van der Waals surface area (Å²) in [6.07, 6.45) is -0.709. The van der Waals surface area contributed by atoms with Crippen molar-refractivity contribution in [1.82, 2.24) is 5.32 Å². The van der Waals surface area contributed by atoms with Crippen molar-refractivity contribution < 1.29 is 24.3 Å². The fourth-order valence-corrected chi connectivity index (χ4v) is 2.57. The third-order valence-electron chi connectivity index (χ3n) is 3.81. The molecule has 134 valence electrons. The smallest absolute Gasteiger partial charge is 0.338 e. The van der Waals surface area contributed by atoms with E-state index in [9.17, 15) is 24.3 Å². The number of carboxylic acids is 1. The summed E-state index contributed by atoms with van der Waals surface area (Å²) in [5.41, 5.74) is -2.08. The van der Waals surface area contributed by atoms with Crippen molar-refractivity contribution in [2.45, 2.75) is 12.0 Å². The maximum Gasteiger partial charge on any atom is 0.338 e. The second-order valence-electron chi connectivity index (χ2n) is 5.58. The molecule has 0 radical (unpaired) electrons. The summed E-state index contributed by atoms with van der Waals surface area (Å²) in [6.45, 7) is 0. The van der Waals surface area contributed by atoms with E-state index in [1.54, 1.807) is 36.4 Å². The van der Waals surface area contributed by atoms with Crippen LogP contribution in [-0.4, -0.2) is 39.8 Å². The first kappa shape index (κ1) is 19.4. The zero-order chi connectivity index (χ0) is 19.2. The van der Waals surface area contributed by atoms with E-state index in [0.717, 1.165) is 0 Å². The van der Waals surface area contributed by atoms with E-state index in [-0.39, 0.29) is 16.9 Å². The molecule has 2 aromatic rings. The number of rotatable bonds is 8. The molecule has 2 N–H and O–H groups in total. The Bertz CT molecular complexity index is 822. The van der Waals surface area contributed by atoms with Crippen LogP contribution in [0.4, 0.5) is 0 Å². The number of hydrogen-bond acceptors (Lipinski definition) is 5. The Morgan fingerprint density at radius 1 is 0.885 bits per heavy atom. The van der Waals surface area contributed by atoms with Gasteiger partial charge in [0.05, 0.1) is 12.2 Å². The van der Waals surface area contributed by atoms with Crippen LogP contribution in [0.1, 0.15) is 27.1 Å². The van der Waals surface area contributed by atoms with Gasteiger partial charge in [0.25, 0.3) is 0 Å². The second kappa shape index (κ2) is 8.44. The number of carbonyl (C=O) groups excluding carboxylic acids is 3. The normalized spacial score (nSPS) is 12.7. The van der Waals surface area contributed by atoms with Crippen LogP contribution in [0.25, 0.3) is 0 Å². The van der Waals surface area contributed by atoms with Crippen LogP contribution in [0.3, 0.4) is 0 Å². The third-order valence-corrected chi connectivity index (χ3v) is 4.09. The lowest BCUT2D eigenvalue weighted by Crippen LogP contribution is -2.61. The molecule has 0 aliphatic carbocycles. The van der Waals surface area contributed by atoms with Gasteiger partial charge in [-0.2, -0.15) is 12.6 Å². The van der Waals surface area contributed by atoms with Crippen molar-refractivity contribution in [3.63, 3.8) is 0 Å². The molecule has 0 aliphatic heterocycles. The predicted molar refractivity (Wildman–Crippen MR) is 98.5 cm³/mol. The van der Waals surface area contributed by atoms with E-state index in [0.29, 0.717) is 0 Å². The highest BCUT2D eigenvalue weighted by Crippen LogP contribution is 2.22. The Labute approximate surface area is 155 Å². The summed E-state index contributed by atoms with van der Waals surface area (Å²) in [4.78, 5) is 49.5. The van der Waals surface area contributed by atoms with Crippen LogP contribution in [0, 0.1) is 0 Å². The summed E-state index contributed by atoms with van der Waals surface area (Å²) in [6, 6.07) is 15.7. The van der Waals surface area contributed by atoms with E-state index >= 15 is 0 Å². The SMILES string of the molecule is O=C(CS)NC(CC(=O)c1ccccc1)(C(=O)O)C(=O)c1ccccc1. The summed E-state index contributed by atoms with van der Waals surface area (Å²) in [5.74, 6) is -4.13. The van der Waals surface area contributed by atoms with E-state index in [4.69, 9.17) is 0 Å². The molecular formula is C19H17NO5S. The lowest BCUT2D eigenvalue weighted by molar-refractivity contribution is -0.144. The van der Waals surface area contributed by atoms with Gasteiger partial charge in [-0.1, -0.05) is 60.7 Å². The van der Waals surface area contributed by atoms with Crippen molar-refractivity contribution in [1.29, 1.82) is 0 Å². The molecule has 0 aromatic heterocycles. The number of carbonyl (C=O) groups is 4. The monoisotopic (exact) mass is 371 g/mol. The molecule has 7 heteroatoms. The van der Waals surface area contributed by atoms with Gasteiger partial charge in [0.1, 0.15) is 0 Å². The fourth-order valence-electron chi connectivity index (χ4n) is 2.49. The van der Waals surface area contributed by atoms with E-state index in [1.165, 1.54) is 24.3 Å². The van der Waals surface area contributed by atoms with Gasteiger partial charge in [-0.25, -0.2) is 4.79 Å². The minimum absolute atomic E-state index is 0.0789. The highest BCUT2D eigenvalue weighted by molar-refractivity contribution is 7.81. The number of ketones is 2. The molecule has 2 rings (SSSR count). The lowest BCUT2D eigenvalue weighted by atomic mass is 9.83. The molecule has 0 saturated carbocycles. The number of Topliss-reactive ketones (excluding diaryl/α,β-unsaturated/α-hetero) is 2. The first-order valence-corrected chi connectivity index (χ1v) is 8.37. The van der Waals surface area contributed by atoms with Crippen LogP contribution in [0.2, 0.25) is 0 Å². The van der Waals surface area contributed by atoms with E-state index in [1.807, 2.05) is 0 Å². The van der Waals surface area contributed by atoms with E-state index in [2.05, 4.69) is 17.9 Å². The Kier molecular flexibility index (Phi) is 6.30. The number of thiol groups is 1. The van der Waals surface area contributed by atoms with Gasteiger partial charge in [-0.3, -0.25) is 14.4 Å². The zero-order valence-corrected chi connectivity index (χ0v) is 14.6. The van der Waals surface area contributed by atoms with Gasteiger partial charge >= 0.3 is 5.97 Å². The number of benzene rings is 2. The number of carboxylic acid groups (broad SMARTS) is 1. The van der Waals surface area contributed by atoms with Gasteiger partial charge in [0, 0.05) is 11.1 Å². The summed E-state index contributed by atoms with van der Waals surface area (Å²) >= 11 is 3.81. The molecule has 0 fully saturated rings. The topological polar surface area (TPSA) is 101 Å². The average Bonchev–Trinajstić information content (AvgIpc) is 2.67. The van der Waals surface area contributed by atoms with Gasteiger partial charge in [-0.05, 0) is 0 Å². The molecule has 1 amide bonds. The van der Waals surface area contributed by atoms with Crippen molar-refractivity contribution >= 4 is 36.1 Å². The second-order valence-corrected chi connectivity index (χ2v) is 5.89. The number of aliphatic carboxylic acids is 1. The molecule has 0 aliphatic rings. The Balaban J connectivity index is 2.49. The molecule has 2 aromatic carbocycles. The highest BCUT2D eigenvalue weighted by Gasteiger charge is 2.49. The van der Waals surface area contributed by atoms with Crippen molar-refractivity contribution in [3.8, 4) is 0 Å². The largest absolute Gasteiger partial charge is 0.479 e. The maximum absolute atomic E-state index is 13.0. The molecule has 1 unspecified atom stereocenters. The quantitative estimate of drug-likeness (QED) is 0.374. The minimum Gasteiger partial charge on any atom is -0.479 e. The average molecular weight is 371 g/mol. The van der Waals surface area contributed by atoms with Crippen molar-refractivity contribution in [3.05, 3.63) is 71.8 Å². The van der Waals surface area contributed by atoms with Gasteiger partial charge < -0.3 is 10.4 Å². The van der Waals surface area contributed by atoms with Crippen LogP contribution >= 0.6 is 12.6 Å². The van der Waals surface area contributed by atoms with Crippen LogP contribution < -0.4 is 5.32 Å². The summed E-state index contributed by atoms with van der Waals surface area (Å²) in [7, 11) is 0. The molecular weight excluding hydrogens is 354 g/mol. The number of amides is 1. The standard InChI is InChI=1S/C19H17NO5S/c21-15(13-7-3-1-4-8-13)11-19(18(24)25,20-16(22)12-26)17(23)14-9-5-2-6-10-14/h1-10,26H,11-12H2,(H,20,22)(H,24,25). The molecule has 0 spiro atoms. The van der Waals surface area contributed by atoms with Gasteiger partial charge in [-0.15, -0.1) is 0 Å². The third kappa shape index (κ3) is 4.18. The molecule has 26 heavy (non-hydrogen) atoms. The molecule has 0 bridgehead atoms. The minimum atomic E-state index is -2.41. The number of hydrogen-bond donors (Lipinski definition) is 3. The van der Waals surface area contributed by atoms with Crippen LogP contribution in [-0.2, 0) is 9.59 Å². The van der Waals surface area contributed by atoms with Crippen LogP contribution in [0.5, 0.6) is 0 Å². The molecule has 0 heterocycles. The van der Waals surface area contributed by atoms with Crippen LogP contribution in [0.15, 0.2) is 60.7 Å². The summed E-state index contributed by atoms with van der Waals surface area (Å²) < 4.78 is 0. The lowest BCUT2D eigenvalue weighted by Gasteiger charge is -2.28. The summed E-state index contributed by atoms with van der Waals surface area (Å²) in [5, 5.41) is 12.0. The van der Waals surface area contributed by atoms with E-state index < -0.39 is 35.4 Å². The maximum atomic E-state index is 13.0. The van der Waals surface area contributed by atoms with Gasteiger partial charge in [0.15, 0.2) is 11.6 Å². The molecule has 6 nitrogen and oxygen atoms in total. The van der Waals surface area contributed by atoms with Crippen molar-refractivity contribution in [2.24, 2.45) is 0 Å². The first-order chi connectivity index (χ1) is 12.4. The van der Waals surface area contributed by atoms with Gasteiger partial charge in [0.2, 0.25) is 11.4 Å². The Hall–Kier alpha value is -2.93. The first-order valence-electron chi connectivity index (χ1n) is 7.74. The molecule has 0 saturated heterocycles. The highest BCUT2D eigenvalue weighted by atomic mass is 32.1.